The van der Waals surface area contributed by atoms with E-state index in [0.29, 0.717) is 42.9 Å². The maximum atomic E-state index is 12.4. The van der Waals surface area contributed by atoms with Crippen LogP contribution in [0.5, 0.6) is 0 Å². The van der Waals surface area contributed by atoms with Crippen LogP contribution < -0.4 is 0 Å². The highest BCUT2D eigenvalue weighted by molar-refractivity contribution is 6.77. The molecule has 0 bridgehead atoms. The first kappa shape index (κ1) is 31.8. The molecule has 35 heavy (non-hydrogen) atoms. The van der Waals surface area contributed by atoms with Crippen LogP contribution in [0.15, 0.2) is 30.3 Å². The molecule has 1 N–H and O–H groups in total. The summed E-state index contributed by atoms with van der Waals surface area (Å²) < 4.78 is 18.4. The molecule has 0 unspecified atom stereocenters. The normalized spacial score (nSPS) is 16.1. The van der Waals surface area contributed by atoms with Gasteiger partial charge in [0, 0.05) is 24.9 Å². The second kappa shape index (κ2) is 15.1. The van der Waals surface area contributed by atoms with E-state index in [9.17, 15) is 9.90 Å². The highest BCUT2D eigenvalue weighted by Gasteiger charge is 2.45. The summed E-state index contributed by atoms with van der Waals surface area (Å²) in [7, 11) is -2.01. The summed E-state index contributed by atoms with van der Waals surface area (Å²) >= 11 is 0. The lowest BCUT2D eigenvalue weighted by Gasteiger charge is -2.43. The van der Waals surface area contributed by atoms with E-state index in [1.807, 2.05) is 58.0 Å². The highest BCUT2D eigenvalue weighted by atomic mass is 28.4. The Morgan fingerprint density at radius 1 is 0.886 bits per heavy atom. The summed E-state index contributed by atoms with van der Waals surface area (Å²) in [6.45, 7) is 22.8. The molecule has 1 rings (SSSR count). The van der Waals surface area contributed by atoms with Crippen LogP contribution in [0.4, 0.5) is 0 Å². The number of aliphatic hydroxyl groups excluding tert-OH is 1. The van der Waals surface area contributed by atoms with Crippen molar-refractivity contribution in [1.29, 1.82) is 0 Å². The number of carbonyl (C=O) groups excluding carboxylic acids is 1. The molecular formula is C29H52O5Si. The number of carbonyl (C=O) groups is 1. The number of aliphatic hydroxyl groups is 1. The Labute approximate surface area is 216 Å². The predicted octanol–water partition coefficient (Wildman–Crippen LogP) is 6.99. The van der Waals surface area contributed by atoms with E-state index >= 15 is 0 Å². The van der Waals surface area contributed by atoms with E-state index in [4.69, 9.17) is 13.9 Å². The molecule has 0 radical (unpaired) electrons. The fourth-order valence-electron chi connectivity index (χ4n) is 5.29. The molecular weight excluding hydrogens is 456 g/mol. The van der Waals surface area contributed by atoms with Crippen molar-refractivity contribution in [3.8, 4) is 0 Å². The smallest absolute Gasteiger partial charge is 0.308 e. The highest BCUT2D eigenvalue weighted by Crippen LogP contribution is 2.42. The van der Waals surface area contributed by atoms with E-state index in [1.54, 1.807) is 0 Å². The van der Waals surface area contributed by atoms with Gasteiger partial charge in [0.1, 0.15) is 6.10 Å². The summed E-state index contributed by atoms with van der Waals surface area (Å²) in [5, 5.41) is 11.3. The third-order valence-corrected chi connectivity index (χ3v) is 13.5. The van der Waals surface area contributed by atoms with E-state index in [0.717, 1.165) is 5.56 Å². The fourth-order valence-corrected chi connectivity index (χ4v) is 10.8. The Morgan fingerprint density at radius 3 is 1.91 bits per heavy atom. The first-order valence-electron chi connectivity index (χ1n) is 13.5. The third-order valence-electron chi connectivity index (χ3n) is 7.41. The van der Waals surface area contributed by atoms with Crippen molar-refractivity contribution in [2.24, 2.45) is 17.8 Å². The molecule has 1 aromatic carbocycles. The van der Waals surface area contributed by atoms with Crippen molar-refractivity contribution in [2.75, 3.05) is 13.2 Å². The minimum Gasteiger partial charge on any atom is -0.462 e. The van der Waals surface area contributed by atoms with Crippen LogP contribution in [0.3, 0.4) is 0 Å². The van der Waals surface area contributed by atoms with Gasteiger partial charge in [-0.05, 0) is 22.2 Å². The molecule has 0 aromatic heterocycles. The zero-order valence-electron chi connectivity index (χ0n) is 23.9. The molecule has 0 saturated heterocycles. The molecule has 5 nitrogen and oxygen atoms in total. The van der Waals surface area contributed by atoms with Crippen LogP contribution in [0.25, 0.3) is 0 Å². The number of rotatable bonds is 16. The molecule has 0 aliphatic carbocycles. The summed E-state index contributed by atoms with van der Waals surface area (Å²) in [6.07, 6.45) is -0.521. The Hall–Kier alpha value is -1.21. The molecule has 1 aromatic rings. The lowest BCUT2D eigenvalue weighted by atomic mass is 9.88. The standard InChI is InChI=1S/C29H52O5Si/c1-20(2)29(31)34-27(16-17-32-19-26-14-12-11-13-15-26)25(10)28(30)24(9)18-33-35(21(3)4,22(5)6)23(7)8/h11-15,20-25,27-28,30H,16-19H2,1-10H3/t24-,25+,27-,28-/m0/s1. The molecule has 0 aliphatic heterocycles. The largest absolute Gasteiger partial charge is 0.462 e. The summed E-state index contributed by atoms with van der Waals surface area (Å²) in [6, 6.07) is 10.0. The van der Waals surface area contributed by atoms with Crippen molar-refractivity contribution >= 4 is 14.3 Å². The lowest BCUT2D eigenvalue weighted by molar-refractivity contribution is -0.160. The Balaban J connectivity index is 2.83. The maximum absolute atomic E-state index is 12.4. The van der Waals surface area contributed by atoms with Gasteiger partial charge in [-0.2, -0.15) is 0 Å². The van der Waals surface area contributed by atoms with Crippen molar-refractivity contribution in [2.45, 2.75) is 111 Å². The van der Waals surface area contributed by atoms with Gasteiger partial charge in [0.15, 0.2) is 8.32 Å². The van der Waals surface area contributed by atoms with Gasteiger partial charge in [-0.1, -0.05) is 99.6 Å². The van der Waals surface area contributed by atoms with Crippen molar-refractivity contribution in [3.05, 3.63) is 35.9 Å². The second-order valence-electron chi connectivity index (χ2n) is 11.4. The average Bonchev–Trinajstić information content (AvgIpc) is 2.80. The molecule has 0 saturated carbocycles. The van der Waals surface area contributed by atoms with Gasteiger partial charge in [-0.25, -0.2) is 0 Å². The maximum Gasteiger partial charge on any atom is 0.308 e. The summed E-state index contributed by atoms with van der Waals surface area (Å²) in [5.41, 5.74) is 2.58. The quantitative estimate of drug-likeness (QED) is 0.148. The molecule has 0 spiro atoms. The van der Waals surface area contributed by atoms with Crippen molar-refractivity contribution in [1.82, 2.24) is 0 Å². The van der Waals surface area contributed by atoms with Crippen LogP contribution in [-0.2, 0) is 25.3 Å². The van der Waals surface area contributed by atoms with Gasteiger partial charge >= 0.3 is 5.97 Å². The molecule has 0 aliphatic rings. The molecule has 6 heteroatoms. The average molecular weight is 509 g/mol. The Morgan fingerprint density at radius 2 is 1.43 bits per heavy atom. The zero-order chi connectivity index (χ0) is 26.8. The van der Waals surface area contributed by atoms with Gasteiger partial charge < -0.3 is 19.0 Å². The number of esters is 1. The first-order valence-corrected chi connectivity index (χ1v) is 15.6. The van der Waals surface area contributed by atoms with Crippen LogP contribution in [0.2, 0.25) is 16.6 Å². The fraction of sp³-hybridized carbons (Fsp3) is 0.759. The van der Waals surface area contributed by atoms with Gasteiger partial charge in [0.25, 0.3) is 0 Å². The second-order valence-corrected chi connectivity index (χ2v) is 16.9. The summed E-state index contributed by atoms with van der Waals surface area (Å²) in [5.74, 6) is -0.766. The SMILES string of the molecule is CC(C)C(=O)O[C@@H](CCOCc1ccccc1)[C@@H](C)[C@@H](O)[C@@H](C)CO[Si](C(C)C)(C(C)C)C(C)C. The zero-order valence-corrected chi connectivity index (χ0v) is 24.9. The minimum atomic E-state index is -2.01. The van der Waals surface area contributed by atoms with E-state index in [2.05, 4.69) is 41.5 Å². The van der Waals surface area contributed by atoms with E-state index in [-0.39, 0.29) is 23.7 Å². The van der Waals surface area contributed by atoms with Gasteiger partial charge in [-0.3, -0.25) is 4.79 Å². The molecule has 0 amide bonds. The van der Waals surface area contributed by atoms with Crippen molar-refractivity contribution in [3.63, 3.8) is 0 Å². The number of hydrogen-bond donors (Lipinski definition) is 1. The Kier molecular flexibility index (Phi) is 13.8. The van der Waals surface area contributed by atoms with Gasteiger partial charge in [-0.15, -0.1) is 0 Å². The van der Waals surface area contributed by atoms with Crippen LogP contribution >= 0.6 is 0 Å². The molecule has 202 valence electrons. The van der Waals surface area contributed by atoms with E-state index < -0.39 is 20.5 Å². The van der Waals surface area contributed by atoms with Crippen molar-refractivity contribution < 1.29 is 23.8 Å². The molecule has 0 fully saturated rings. The monoisotopic (exact) mass is 508 g/mol. The van der Waals surface area contributed by atoms with Crippen LogP contribution in [-0.4, -0.2) is 44.8 Å². The number of hydrogen-bond acceptors (Lipinski definition) is 5. The first-order chi connectivity index (χ1) is 16.3. The number of ether oxygens (including phenoxy) is 2. The van der Waals surface area contributed by atoms with Crippen LogP contribution in [0, 0.1) is 17.8 Å². The van der Waals surface area contributed by atoms with Crippen LogP contribution in [0.1, 0.15) is 81.2 Å². The predicted molar refractivity (Wildman–Crippen MR) is 147 cm³/mol. The minimum absolute atomic E-state index is 0.0707. The summed E-state index contributed by atoms with van der Waals surface area (Å²) in [4.78, 5) is 12.4. The molecule has 4 atom stereocenters. The third kappa shape index (κ3) is 9.31. The molecule has 0 heterocycles. The number of benzene rings is 1. The van der Waals surface area contributed by atoms with E-state index in [1.165, 1.54) is 0 Å². The lowest BCUT2D eigenvalue weighted by Crippen LogP contribution is -2.49. The van der Waals surface area contributed by atoms with Gasteiger partial charge in [0.05, 0.1) is 25.2 Å². The Bertz CT molecular complexity index is 697. The van der Waals surface area contributed by atoms with Gasteiger partial charge in [0.2, 0.25) is 0 Å². The topological polar surface area (TPSA) is 65.0 Å².